The molecule has 0 saturated carbocycles. The van der Waals surface area contributed by atoms with E-state index in [1.54, 1.807) is 90.0 Å². The smallest absolute Gasteiger partial charge is 0.411 e. The molecule has 46 nitrogen and oxygen atoms in total. The average Bonchev–Trinajstić information content (AvgIpc) is 1.63. The first-order chi connectivity index (χ1) is 70.5. The number of amides is 16. The Balaban J connectivity index is 0.000000306. The van der Waals surface area contributed by atoms with E-state index in [9.17, 15) is 105 Å². The van der Waals surface area contributed by atoms with Crippen molar-refractivity contribution in [3.8, 4) is 33.4 Å². The zero-order valence-electron chi connectivity index (χ0n) is 86.6. The monoisotopic (exact) mass is 2080 g/mol. The van der Waals surface area contributed by atoms with Gasteiger partial charge in [0.15, 0.2) is 0 Å². The van der Waals surface area contributed by atoms with E-state index in [1.807, 2.05) is 146 Å². The largest absolute Gasteiger partial charge is 0.481 e. The van der Waals surface area contributed by atoms with E-state index in [2.05, 4.69) is 69.1 Å². The fourth-order valence-electron chi connectivity index (χ4n) is 15.1. The lowest BCUT2D eigenvalue weighted by atomic mass is 9.98. The number of hydrogen-bond acceptors (Lipinski definition) is 29. The zero-order valence-corrected chi connectivity index (χ0v) is 86.6. The summed E-state index contributed by atoms with van der Waals surface area (Å²) < 4.78 is 37.5. The fraction of sp³-hybridized carbons (Fsp3) is 0.442. The van der Waals surface area contributed by atoms with Gasteiger partial charge in [-0.1, -0.05) is 146 Å². The van der Waals surface area contributed by atoms with Gasteiger partial charge >= 0.3 is 48.4 Å². The number of benzene rings is 6. The molecule has 0 spiro atoms. The van der Waals surface area contributed by atoms with Gasteiger partial charge in [-0.25, -0.2) is 24.0 Å². The third-order valence-corrected chi connectivity index (χ3v) is 21.6. The summed E-state index contributed by atoms with van der Waals surface area (Å²) in [5, 5.41) is 39.3. The molecule has 3 unspecified atom stereocenters. The van der Waals surface area contributed by atoms with Crippen molar-refractivity contribution in [2.24, 2.45) is 0 Å². The van der Waals surface area contributed by atoms with Gasteiger partial charge in [0.25, 0.3) is 0 Å². The van der Waals surface area contributed by atoms with E-state index >= 15 is 0 Å². The molecule has 9 rings (SSSR count). The molecule has 3 aliphatic rings. The summed E-state index contributed by atoms with van der Waals surface area (Å²) in [5.74, 6) is -13.4. The van der Waals surface area contributed by atoms with Crippen LogP contribution in [0, 0.1) is 0 Å². The molecule has 808 valence electrons. The first-order valence-corrected chi connectivity index (χ1v) is 48.0. The number of aliphatic carboxylic acids is 1. The Kier molecular flexibility index (Phi) is 45.5. The second-order valence-electron chi connectivity index (χ2n) is 38.7. The highest BCUT2D eigenvalue weighted by molar-refractivity contribution is 5.99. The van der Waals surface area contributed by atoms with Crippen molar-refractivity contribution in [3.63, 3.8) is 0 Å². The molecule has 3 atom stereocenters. The van der Waals surface area contributed by atoms with Crippen LogP contribution in [0.2, 0.25) is 0 Å². The summed E-state index contributed by atoms with van der Waals surface area (Å²) in [5.41, 5.74) is 8.94. The van der Waals surface area contributed by atoms with Crippen LogP contribution in [0.25, 0.3) is 33.4 Å². The Morgan fingerprint density at radius 1 is 0.293 bits per heavy atom. The van der Waals surface area contributed by atoms with Gasteiger partial charge in [-0.2, -0.15) is 0 Å². The highest BCUT2D eigenvalue weighted by Gasteiger charge is 2.37. The van der Waals surface area contributed by atoms with Gasteiger partial charge in [0.2, 0.25) is 65.0 Å². The zero-order chi connectivity index (χ0) is 111. The number of ether oxygens (including phenoxy) is 7. The van der Waals surface area contributed by atoms with Crippen molar-refractivity contribution in [3.05, 3.63) is 179 Å². The van der Waals surface area contributed by atoms with E-state index in [4.69, 9.17) is 38.3 Å². The van der Waals surface area contributed by atoms with E-state index < -0.39 is 239 Å². The lowest BCUT2D eigenvalue weighted by Gasteiger charge is -2.25. The van der Waals surface area contributed by atoms with Crippen LogP contribution in [0.5, 0.6) is 0 Å². The van der Waals surface area contributed by atoms with Crippen molar-refractivity contribution in [1.29, 1.82) is 0 Å². The van der Waals surface area contributed by atoms with Gasteiger partial charge in [-0.3, -0.25) is 86.4 Å². The summed E-state index contributed by atoms with van der Waals surface area (Å²) in [4.78, 5) is 275. The Bertz CT molecular complexity index is 5800. The molecule has 16 amide bonds. The number of carboxylic acids is 1. The Morgan fingerprint density at radius 2 is 0.553 bits per heavy atom. The topological polar surface area (TPSA) is 626 Å². The van der Waals surface area contributed by atoms with Crippen molar-refractivity contribution < 1.29 is 144 Å². The summed E-state index contributed by atoms with van der Waals surface area (Å²) in [6.45, 7) is 18.6. The predicted molar refractivity (Wildman–Crippen MR) is 539 cm³/mol. The van der Waals surface area contributed by atoms with Crippen LogP contribution in [0.1, 0.15) is 181 Å². The van der Waals surface area contributed by atoms with Gasteiger partial charge < -0.3 is 117 Å². The molecule has 150 heavy (non-hydrogen) atoms. The van der Waals surface area contributed by atoms with Crippen LogP contribution in [0.4, 0.5) is 24.0 Å². The van der Waals surface area contributed by atoms with Crippen LogP contribution in [-0.4, -0.2) is 303 Å². The normalized spacial score (nSPS) is 12.5. The SMILES string of the molecule is CC(=O)CNC(=O)C(CC(=O)OC(C)(C)C)NC(=O)CNC(=O)CN(CNC(=O)OC(C)(C)C)C(=O)CNC(=O)OCC1c2ccccc2-c2ccccc21.CC(=O)CNC(=O)C(CC(=O)OC(C)(C)C)NC(=O)CNC(=O)CN(CNC(=O)OC(C)(C)C)C(=O)OCC1c2ccccc2-c2ccccc21.CCN(CC(=O)NCC(=O)NC(CC(=O)O)C(=O)NCC(C)=O)C(=O)CNC(=O)OCC1c2ccccc2-c2ccccc21. The number of Topliss-reactive ketones (excluding diaryl/α,β-unsaturated/α-hetero) is 3. The maximum Gasteiger partial charge on any atom is 0.411 e. The molecule has 46 heteroatoms. The van der Waals surface area contributed by atoms with Crippen molar-refractivity contribution in [2.45, 2.75) is 188 Å². The third-order valence-electron chi connectivity index (χ3n) is 21.6. The average molecular weight is 2090 g/mol. The lowest BCUT2D eigenvalue weighted by molar-refractivity contribution is -0.157. The summed E-state index contributed by atoms with van der Waals surface area (Å²) in [6, 6.07) is 42.6. The minimum atomic E-state index is -1.46. The summed E-state index contributed by atoms with van der Waals surface area (Å²) in [7, 11) is 0. The van der Waals surface area contributed by atoms with Gasteiger partial charge in [0.1, 0.15) is 111 Å². The number of nitrogens with zero attached hydrogens (tertiary/aromatic N) is 3. The number of carbonyl (C=O) groups excluding carboxylic acids is 21. The number of nitrogens with one attached hydrogen (secondary N) is 13. The minimum absolute atomic E-state index is 0.000543. The number of likely N-dealkylation sites (N-methyl/N-ethyl adjacent to an activating group) is 1. The van der Waals surface area contributed by atoms with Gasteiger partial charge in [0.05, 0.1) is 71.7 Å². The maximum atomic E-state index is 13.4. The number of carboxylic acid groups (broad SMARTS) is 1. The predicted octanol–water partition coefficient (Wildman–Crippen LogP) is 4.79. The Labute approximate surface area is 866 Å². The highest BCUT2D eigenvalue weighted by atomic mass is 16.6. The maximum absolute atomic E-state index is 13.4. The molecule has 0 aromatic heterocycles. The number of esters is 2. The third kappa shape index (κ3) is 41.3. The molecule has 3 aliphatic carbocycles. The molecule has 0 saturated heterocycles. The summed E-state index contributed by atoms with van der Waals surface area (Å²) >= 11 is 0. The van der Waals surface area contributed by atoms with Gasteiger partial charge in [0, 0.05) is 24.3 Å². The molecule has 0 bridgehead atoms. The molecule has 0 fully saturated rings. The quantitative estimate of drug-likeness (QED) is 0.0139. The van der Waals surface area contributed by atoms with Gasteiger partial charge in [-0.05, 0) is 178 Å². The number of fused-ring (bicyclic) bond motifs is 9. The first-order valence-electron chi connectivity index (χ1n) is 48.0. The van der Waals surface area contributed by atoms with Gasteiger partial charge in [-0.15, -0.1) is 0 Å². The van der Waals surface area contributed by atoms with Crippen LogP contribution < -0.4 is 69.1 Å². The Morgan fingerprint density at radius 3 is 0.833 bits per heavy atom. The lowest BCUT2D eigenvalue weighted by Crippen LogP contribution is -2.53. The minimum Gasteiger partial charge on any atom is -0.481 e. The van der Waals surface area contributed by atoms with Crippen LogP contribution in [0.15, 0.2) is 146 Å². The Hall–Kier alpha value is -16.7. The number of ketones is 3. The van der Waals surface area contributed by atoms with Crippen molar-refractivity contribution >= 4 is 131 Å². The van der Waals surface area contributed by atoms with E-state index in [1.165, 1.54) is 20.8 Å². The first kappa shape index (κ1) is 120. The second-order valence-corrected chi connectivity index (χ2v) is 38.7. The van der Waals surface area contributed by atoms with Crippen molar-refractivity contribution in [2.75, 3.05) is 112 Å². The molecule has 0 heterocycles. The van der Waals surface area contributed by atoms with Crippen molar-refractivity contribution in [1.82, 2.24) is 83.8 Å². The van der Waals surface area contributed by atoms with E-state index in [0.717, 1.165) is 81.5 Å². The molecule has 0 radical (unpaired) electrons. The molecular formula is C104H132N16O30. The fourth-order valence-corrected chi connectivity index (χ4v) is 15.1. The number of rotatable bonds is 45. The highest BCUT2D eigenvalue weighted by Crippen LogP contribution is 2.47. The summed E-state index contributed by atoms with van der Waals surface area (Å²) in [6.07, 6.45) is -6.13. The van der Waals surface area contributed by atoms with E-state index in [-0.39, 0.29) is 81.1 Å². The van der Waals surface area contributed by atoms with Crippen LogP contribution >= 0.6 is 0 Å². The van der Waals surface area contributed by atoms with Crippen LogP contribution in [-0.2, 0) is 115 Å². The standard InChI is InChI=1S/C38H50N6O11.C36H47N5O10.C30H35N5O9/c1-23(45)17-40-34(50)29(16-33(49)54-37(2,3)4)43-30(46)18-39-31(47)20-44(22-42-36(52)55-38(5,6)7)32(48)19-41-35(51)53-21-28-26-14-10-8-12-24(26)25-13-9-11-15-27(25)28;1-22(42)17-38-32(46)28(16-31(45)50-35(2,3)4)40-29(43)18-37-30(44)19-41(21-39-33(47)51-36(5,6)7)34(48)49-20-27-25-14-10-8-12-23(25)24-13-9-11-15-26(24)27;1-3-35(16-26(38)31-14-25(37)34-24(12-28(40)41)29(42)32-13-18(2)36)27(39)15-33-30(43)44-17-23-21-10-6-4-8-19(21)20-9-5-7-11-22(20)23/h8-15,28-29H,16-22H2,1-7H3,(H,39,47)(H,40,50)(H,41,51)(H,42,52)(H,43,46);8-15,27-28H,16-21H2,1-7H3,(H,37,44)(H,38,46)(H,39,47)(H,40,43);4-11,23-24H,3,12-17H2,1-2H3,(H,31,38)(H,32,42)(H,33,43)(H,34,37)(H,40,41). The second kappa shape index (κ2) is 56.8. The molecule has 6 aromatic carbocycles. The molecule has 0 aliphatic heterocycles. The number of alkyl carbamates (subject to hydrolysis) is 4. The molecular weight excluding hydrogens is 1950 g/mol. The van der Waals surface area contributed by atoms with Crippen LogP contribution in [0.3, 0.4) is 0 Å². The number of carbonyl (C=O) groups is 22. The number of hydrogen-bond donors (Lipinski definition) is 14. The molecule has 14 N–H and O–H groups in total. The molecule has 6 aromatic rings. The van der Waals surface area contributed by atoms with E-state index in [0.29, 0.717) is 0 Å².